The summed E-state index contributed by atoms with van der Waals surface area (Å²) in [6.07, 6.45) is 1.76. The van der Waals surface area contributed by atoms with Gasteiger partial charge in [-0.2, -0.15) is 0 Å². The monoisotopic (exact) mass is 402 g/mol. The number of benzene rings is 2. The Balaban J connectivity index is 1.59. The van der Waals surface area contributed by atoms with E-state index in [1.807, 2.05) is 66.1 Å². The van der Waals surface area contributed by atoms with Gasteiger partial charge in [-0.1, -0.05) is 42.5 Å². The third-order valence-corrected chi connectivity index (χ3v) is 4.86. The summed E-state index contributed by atoms with van der Waals surface area (Å²) in [6.45, 7) is 2.64. The molecule has 152 valence electrons. The Bertz CT molecular complexity index is 1150. The van der Waals surface area contributed by atoms with E-state index >= 15 is 0 Å². The molecule has 7 nitrogen and oxygen atoms in total. The van der Waals surface area contributed by atoms with Crippen LogP contribution < -0.4 is 10.6 Å². The topological polar surface area (TPSA) is 89.2 Å². The number of aryl methyl sites for hydroxylation is 1. The number of para-hydroxylation sites is 2. The molecule has 4 rings (SSSR count). The van der Waals surface area contributed by atoms with E-state index in [0.29, 0.717) is 18.9 Å². The number of aromatic nitrogens is 2. The van der Waals surface area contributed by atoms with Crippen molar-refractivity contribution in [1.29, 1.82) is 0 Å². The number of carbonyl (C=O) groups is 2. The lowest BCUT2D eigenvalue weighted by Crippen LogP contribution is -2.45. The summed E-state index contributed by atoms with van der Waals surface area (Å²) in [5, 5.41) is 5.67. The number of nitrogens with zero attached hydrogens (tertiary/aromatic N) is 2. The molecule has 0 saturated carbocycles. The molecule has 2 amide bonds. The maximum Gasteiger partial charge on any atom is 0.287 e. The van der Waals surface area contributed by atoms with Gasteiger partial charge in [0.15, 0.2) is 5.76 Å². The van der Waals surface area contributed by atoms with E-state index in [1.54, 1.807) is 12.1 Å². The second kappa shape index (κ2) is 8.65. The number of anilines is 1. The van der Waals surface area contributed by atoms with Crippen LogP contribution in [0, 0.1) is 0 Å². The van der Waals surface area contributed by atoms with Crippen LogP contribution in [0.3, 0.4) is 0 Å². The van der Waals surface area contributed by atoms with Crippen LogP contribution >= 0.6 is 0 Å². The van der Waals surface area contributed by atoms with Crippen molar-refractivity contribution in [3.8, 4) is 0 Å². The molecule has 1 unspecified atom stereocenters. The summed E-state index contributed by atoms with van der Waals surface area (Å²) in [4.78, 5) is 30.2. The van der Waals surface area contributed by atoms with Crippen LogP contribution in [0.1, 0.15) is 23.0 Å². The van der Waals surface area contributed by atoms with E-state index in [4.69, 9.17) is 4.42 Å². The van der Waals surface area contributed by atoms with Crippen molar-refractivity contribution in [3.05, 3.63) is 84.3 Å². The van der Waals surface area contributed by atoms with Crippen LogP contribution in [0.15, 0.2) is 77.4 Å². The molecule has 0 aliphatic rings. The van der Waals surface area contributed by atoms with Crippen LogP contribution in [0.4, 0.5) is 5.95 Å². The first-order valence-corrected chi connectivity index (χ1v) is 9.80. The number of hydrogen-bond donors (Lipinski definition) is 2. The van der Waals surface area contributed by atoms with Crippen molar-refractivity contribution >= 4 is 28.8 Å². The smallest absolute Gasteiger partial charge is 0.287 e. The van der Waals surface area contributed by atoms with Crippen molar-refractivity contribution in [2.24, 2.45) is 0 Å². The zero-order chi connectivity index (χ0) is 20.9. The van der Waals surface area contributed by atoms with Crippen LogP contribution in [0.5, 0.6) is 0 Å². The van der Waals surface area contributed by atoms with Gasteiger partial charge in [-0.25, -0.2) is 4.98 Å². The van der Waals surface area contributed by atoms with Gasteiger partial charge < -0.3 is 14.3 Å². The lowest BCUT2D eigenvalue weighted by atomic mass is 10.1. The van der Waals surface area contributed by atoms with Gasteiger partial charge in [0, 0.05) is 13.0 Å². The lowest BCUT2D eigenvalue weighted by Gasteiger charge is -2.18. The van der Waals surface area contributed by atoms with E-state index in [2.05, 4.69) is 15.6 Å². The van der Waals surface area contributed by atoms with E-state index in [1.165, 1.54) is 6.26 Å². The van der Waals surface area contributed by atoms with E-state index in [0.717, 1.165) is 16.6 Å². The first kappa shape index (κ1) is 19.4. The van der Waals surface area contributed by atoms with Gasteiger partial charge in [-0.05, 0) is 36.8 Å². The van der Waals surface area contributed by atoms with Gasteiger partial charge in [0.05, 0.1) is 17.3 Å². The Morgan fingerprint density at radius 3 is 2.53 bits per heavy atom. The van der Waals surface area contributed by atoms with E-state index < -0.39 is 11.9 Å². The predicted molar refractivity (Wildman–Crippen MR) is 114 cm³/mol. The fraction of sp³-hybridized carbons (Fsp3) is 0.174. The summed E-state index contributed by atoms with van der Waals surface area (Å²) in [5.74, 6) is -0.181. The number of amides is 2. The van der Waals surface area contributed by atoms with Gasteiger partial charge in [-0.15, -0.1) is 0 Å². The molecule has 0 aliphatic heterocycles. The summed E-state index contributed by atoms with van der Waals surface area (Å²) >= 11 is 0. The average Bonchev–Trinajstić information content (AvgIpc) is 3.41. The molecular formula is C23H22N4O3. The number of furan rings is 1. The quantitative estimate of drug-likeness (QED) is 0.494. The summed E-state index contributed by atoms with van der Waals surface area (Å²) in [7, 11) is 0. The van der Waals surface area contributed by atoms with Crippen LogP contribution in [-0.2, 0) is 17.8 Å². The molecule has 0 spiro atoms. The molecule has 0 bridgehead atoms. The van der Waals surface area contributed by atoms with Crippen molar-refractivity contribution in [3.63, 3.8) is 0 Å². The number of hydrogen-bond acceptors (Lipinski definition) is 4. The van der Waals surface area contributed by atoms with Crippen LogP contribution in [-0.4, -0.2) is 27.4 Å². The largest absolute Gasteiger partial charge is 0.459 e. The highest BCUT2D eigenvalue weighted by Crippen LogP contribution is 2.19. The zero-order valence-electron chi connectivity index (χ0n) is 16.5. The Morgan fingerprint density at radius 2 is 1.80 bits per heavy atom. The predicted octanol–water partition coefficient (Wildman–Crippen LogP) is 3.63. The maximum atomic E-state index is 13.2. The molecule has 30 heavy (non-hydrogen) atoms. The minimum atomic E-state index is -0.796. The second-order valence-electron chi connectivity index (χ2n) is 6.85. The number of fused-ring (bicyclic) bond motifs is 1. The lowest BCUT2D eigenvalue weighted by molar-refractivity contribution is -0.118. The SMILES string of the molecule is CCn1c(NC(=O)C(Cc2ccccc2)NC(=O)c2ccco2)nc2ccccc21. The molecule has 2 aromatic heterocycles. The first-order chi connectivity index (χ1) is 14.7. The molecule has 0 saturated heterocycles. The number of nitrogens with one attached hydrogen (secondary N) is 2. The highest BCUT2D eigenvalue weighted by atomic mass is 16.3. The third-order valence-electron chi connectivity index (χ3n) is 4.86. The average molecular weight is 402 g/mol. The van der Waals surface area contributed by atoms with Crippen molar-refractivity contribution < 1.29 is 14.0 Å². The van der Waals surface area contributed by atoms with Gasteiger partial charge in [0.2, 0.25) is 11.9 Å². The molecule has 2 heterocycles. The zero-order valence-corrected chi connectivity index (χ0v) is 16.5. The fourth-order valence-electron chi connectivity index (χ4n) is 3.38. The Hall–Kier alpha value is -3.87. The maximum absolute atomic E-state index is 13.2. The second-order valence-corrected chi connectivity index (χ2v) is 6.85. The summed E-state index contributed by atoms with van der Waals surface area (Å²) < 4.78 is 7.09. The molecule has 4 aromatic rings. The Labute approximate surface area is 173 Å². The minimum absolute atomic E-state index is 0.154. The Kier molecular flexibility index (Phi) is 5.61. The number of carbonyl (C=O) groups excluding carboxylic acids is 2. The number of imidazole rings is 1. The summed E-state index contributed by atoms with van der Waals surface area (Å²) in [6, 6.07) is 19.6. The van der Waals surface area contributed by atoms with Gasteiger partial charge in [-0.3, -0.25) is 14.9 Å². The number of rotatable bonds is 7. The van der Waals surface area contributed by atoms with Gasteiger partial charge >= 0.3 is 0 Å². The summed E-state index contributed by atoms with van der Waals surface area (Å²) in [5.41, 5.74) is 2.67. The molecule has 0 radical (unpaired) electrons. The van der Waals surface area contributed by atoms with Crippen LogP contribution in [0.2, 0.25) is 0 Å². The highest BCUT2D eigenvalue weighted by molar-refractivity contribution is 6.00. The third kappa shape index (κ3) is 4.10. The normalized spacial score (nSPS) is 11.9. The van der Waals surface area contributed by atoms with Crippen molar-refractivity contribution in [2.75, 3.05) is 5.32 Å². The molecule has 2 N–H and O–H groups in total. The van der Waals surface area contributed by atoms with Crippen LogP contribution in [0.25, 0.3) is 11.0 Å². The highest BCUT2D eigenvalue weighted by Gasteiger charge is 2.24. The molecule has 0 fully saturated rings. The molecular weight excluding hydrogens is 380 g/mol. The minimum Gasteiger partial charge on any atom is -0.459 e. The molecule has 0 aliphatic carbocycles. The first-order valence-electron chi connectivity index (χ1n) is 9.80. The molecule has 1 atom stereocenters. The Morgan fingerprint density at radius 1 is 1.03 bits per heavy atom. The van der Waals surface area contributed by atoms with Gasteiger partial charge in [0.1, 0.15) is 6.04 Å². The van der Waals surface area contributed by atoms with E-state index in [9.17, 15) is 9.59 Å². The van der Waals surface area contributed by atoms with E-state index in [-0.39, 0.29) is 11.7 Å². The standard InChI is InChI=1S/C23H22N4O3/c1-2-27-19-12-7-6-11-17(19)25-23(27)26-21(28)18(15-16-9-4-3-5-10-16)24-22(29)20-13-8-14-30-20/h3-14,18H,2,15H2,1H3,(H,24,29)(H,25,26,28). The van der Waals surface area contributed by atoms with Crippen molar-refractivity contribution in [2.45, 2.75) is 25.9 Å². The van der Waals surface area contributed by atoms with Crippen molar-refractivity contribution in [1.82, 2.24) is 14.9 Å². The fourth-order valence-corrected chi connectivity index (χ4v) is 3.38. The van der Waals surface area contributed by atoms with Gasteiger partial charge in [0.25, 0.3) is 5.91 Å². The molecule has 7 heteroatoms. The molecule has 2 aromatic carbocycles.